The van der Waals surface area contributed by atoms with Crippen LogP contribution in [0.1, 0.15) is 43.3 Å². The van der Waals surface area contributed by atoms with Gasteiger partial charge in [-0.05, 0) is 52.6 Å². The van der Waals surface area contributed by atoms with Crippen molar-refractivity contribution in [3.05, 3.63) is 147 Å². The molecule has 0 aliphatic rings. The van der Waals surface area contributed by atoms with Crippen LogP contribution in [0.2, 0.25) is 0 Å². The van der Waals surface area contributed by atoms with Crippen molar-refractivity contribution in [3.8, 4) is 5.75 Å². The van der Waals surface area contributed by atoms with Gasteiger partial charge in [0.25, 0.3) is 5.91 Å². The summed E-state index contributed by atoms with van der Waals surface area (Å²) in [6.07, 6.45) is -1.11. The molecular weight excluding hydrogens is 573 g/mol. The minimum atomic E-state index is -4.43. The summed E-state index contributed by atoms with van der Waals surface area (Å²) in [5.74, 6) is 0.425. The monoisotopic (exact) mass is 602 g/mol. The lowest BCUT2D eigenvalue weighted by molar-refractivity contribution is -0.137. The number of carbonyl (C=O) groups excluding carboxylic acids is 1. The molecule has 3 aromatic carbocycles. The Kier molecular flexibility index (Phi) is 9.81. The summed E-state index contributed by atoms with van der Waals surface area (Å²) in [4.78, 5) is 23.2. The molecule has 0 saturated carbocycles. The quantitative estimate of drug-likeness (QED) is 0.163. The number of ether oxygens (including phenoxy) is 1. The SMILES string of the molecule is O=C(NCc1ccncc1)c1csc(CN(Cc2ccc(OCc3ccccc3)cc2)Cc2cccc(C(F)(F)F)c2)n1. The van der Waals surface area contributed by atoms with E-state index in [1.54, 1.807) is 23.8 Å². The average molecular weight is 603 g/mol. The standard InChI is InChI=1S/C33H29F3N4O2S/c34-33(35,36)28-8-4-7-27(17-28)20-40(19-25-9-11-29(12-10-25)42-22-26-5-2-1-3-6-26)21-31-39-30(23-43-31)32(41)38-18-24-13-15-37-16-14-24/h1-17,23H,18-22H2,(H,38,41). The van der Waals surface area contributed by atoms with Crippen molar-refractivity contribution >= 4 is 17.2 Å². The third-order valence-corrected chi connectivity index (χ3v) is 7.42. The topological polar surface area (TPSA) is 67.4 Å². The fraction of sp³-hybridized carbons (Fsp3) is 0.182. The Hall–Kier alpha value is -4.54. The van der Waals surface area contributed by atoms with E-state index >= 15 is 0 Å². The fourth-order valence-electron chi connectivity index (χ4n) is 4.41. The highest BCUT2D eigenvalue weighted by Gasteiger charge is 2.30. The summed E-state index contributed by atoms with van der Waals surface area (Å²) < 4.78 is 46.0. The minimum absolute atomic E-state index is 0.263. The van der Waals surface area contributed by atoms with Gasteiger partial charge < -0.3 is 10.1 Å². The molecule has 43 heavy (non-hydrogen) atoms. The van der Waals surface area contributed by atoms with Gasteiger partial charge in [-0.2, -0.15) is 13.2 Å². The number of halogens is 3. The van der Waals surface area contributed by atoms with Gasteiger partial charge in [-0.15, -0.1) is 11.3 Å². The molecule has 5 aromatic rings. The molecule has 2 heterocycles. The van der Waals surface area contributed by atoms with E-state index in [0.717, 1.165) is 28.5 Å². The zero-order valence-electron chi connectivity index (χ0n) is 23.1. The normalized spacial score (nSPS) is 11.4. The van der Waals surface area contributed by atoms with Crippen LogP contribution < -0.4 is 10.1 Å². The largest absolute Gasteiger partial charge is 0.489 e. The van der Waals surface area contributed by atoms with Crippen LogP contribution in [0.3, 0.4) is 0 Å². The maximum Gasteiger partial charge on any atom is 0.416 e. The van der Waals surface area contributed by atoms with Crippen molar-refractivity contribution in [1.29, 1.82) is 0 Å². The molecule has 5 rings (SSSR count). The van der Waals surface area contributed by atoms with Crippen LogP contribution in [0.15, 0.2) is 109 Å². The molecule has 2 aromatic heterocycles. The molecule has 0 unspecified atom stereocenters. The number of aromatic nitrogens is 2. The lowest BCUT2D eigenvalue weighted by atomic mass is 10.1. The molecule has 0 fully saturated rings. The number of nitrogens with one attached hydrogen (secondary N) is 1. The summed E-state index contributed by atoms with van der Waals surface area (Å²) >= 11 is 1.34. The van der Waals surface area contributed by atoms with Gasteiger partial charge in [0.2, 0.25) is 0 Å². The summed E-state index contributed by atoms with van der Waals surface area (Å²) in [7, 11) is 0. The Labute approximate surface area is 251 Å². The van der Waals surface area contributed by atoms with Gasteiger partial charge in [-0.1, -0.05) is 60.7 Å². The first-order chi connectivity index (χ1) is 20.8. The number of benzene rings is 3. The average Bonchev–Trinajstić information content (AvgIpc) is 3.49. The van der Waals surface area contributed by atoms with Crippen LogP contribution in [0.4, 0.5) is 13.2 Å². The van der Waals surface area contributed by atoms with Crippen molar-refractivity contribution in [1.82, 2.24) is 20.2 Å². The van der Waals surface area contributed by atoms with E-state index in [2.05, 4.69) is 15.3 Å². The van der Waals surface area contributed by atoms with Gasteiger partial charge in [-0.25, -0.2) is 4.98 Å². The lowest BCUT2D eigenvalue weighted by Gasteiger charge is -2.22. The number of alkyl halides is 3. The van der Waals surface area contributed by atoms with Gasteiger partial charge in [-0.3, -0.25) is 14.7 Å². The van der Waals surface area contributed by atoms with Crippen molar-refractivity contribution in [2.45, 2.75) is 39.0 Å². The Morgan fingerprint density at radius 2 is 1.53 bits per heavy atom. The third kappa shape index (κ3) is 8.97. The Morgan fingerprint density at radius 1 is 0.814 bits per heavy atom. The number of rotatable bonds is 12. The van der Waals surface area contributed by atoms with E-state index in [1.165, 1.54) is 23.5 Å². The van der Waals surface area contributed by atoms with Crippen LogP contribution in [0.25, 0.3) is 0 Å². The van der Waals surface area contributed by atoms with E-state index < -0.39 is 11.7 Å². The summed E-state index contributed by atoms with van der Waals surface area (Å²) in [5, 5.41) is 5.23. The molecule has 0 bridgehead atoms. The molecule has 0 radical (unpaired) electrons. The molecule has 0 spiro atoms. The number of hydrogen-bond donors (Lipinski definition) is 1. The Bertz CT molecular complexity index is 1610. The third-order valence-electron chi connectivity index (χ3n) is 6.58. The number of pyridine rings is 1. The van der Waals surface area contributed by atoms with Gasteiger partial charge >= 0.3 is 6.18 Å². The van der Waals surface area contributed by atoms with Crippen LogP contribution >= 0.6 is 11.3 Å². The molecule has 0 aliphatic heterocycles. The van der Waals surface area contributed by atoms with Crippen molar-refractivity contribution in [2.75, 3.05) is 0 Å². The maximum atomic E-state index is 13.4. The van der Waals surface area contributed by atoms with Crippen molar-refractivity contribution < 1.29 is 22.7 Å². The van der Waals surface area contributed by atoms with E-state index in [-0.39, 0.29) is 12.5 Å². The minimum Gasteiger partial charge on any atom is -0.489 e. The Balaban J connectivity index is 1.27. The van der Waals surface area contributed by atoms with Crippen LogP contribution in [0.5, 0.6) is 5.75 Å². The van der Waals surface area contributed by atoms with Crippen LogP contribution in [-0.4, -0.2) is 20.8 Å². The predicted octanol–water partition coefficient (Wildman–Crippen LogP) is 7.27. The maximum absolute atomic E-state index is 13.4. The zero-order valence-corrected chi connectivity index (χ0v) is 23.9. The van der Waals surface area contributed by atoms with Crippen LogP contribution in [0, 0.1) is 0 Å². The van der Waals surface area contributed by atoms with Gasteiger partial charge in [0, 0.05) is 37.4 Å². The van der Waals surface area contributed by atoms with E-state index in [4.69, 9.17) is 4.74 Å². The first-order valence-corrected chi connectivity index (χ1v) is 14.5. The zero-order chi connectivity index (χ0) is 30.1. The summed E-state index contributed by atoms with van der Waals surface area (Å²) in [6.45, 7) is 1.87. The van der Waals surface area contributed by atoms with Gasteiger partial charge in [0.15, 0.2) is 0 Å². The second-order valence-electron chi connectivity index (χ2n) is 9.93. The number of amides is 1. The molecular formula is C33H29F3N4O2S. The fourth-order valence-corrected chi connectivity index (χ4v) is 5.23. The second-order valence-corrected chi connectivity index (χ2v) is 10.9. The number of thiazole rings is 1. The van der Waals surface area contributed by atoms with E-state index in [1.807, 2.05) is 71.6 Å². The van der Waals surface area contributed by atoms with E-state index in [0.29, 0.717) is 42.5 Å². The smallest absolute Gasteiger partial charge is 0.416 e. The number of nitrogens with zero attached hydrogens (tertiary/aromatic N) is 3. The van der Waals surface area contributed by atoms with Crippen molar-refractivity contribution in [2.24, 2.45) is 0 Å². The molecule has 10 heteroatoms. The highest BCUT2D eigenvalue weighted by molar-refractivity contribution is 7.09. The van der Waals surface area contributed by atoms with E-state index in [9.17, 15) is 18.0 Å². The molecule has 1 N–H and O–H groups in total. The molecule has 0 aliphatic carbocycles. The molecule has 1 amide bonds. The highest BCUT2D eigenvalue weighted by atomic mass is 32.1. The number of carbonyl (C=O) groups is 1. The molecule has 0 atom stereocenters. The Morgan fingerprint density at radius 3 is 2.28 bits per heavy atom. The second kappa shape index (κ2) is 14.1. The summed E-state index contributed by atoms with van der Waals surface area (Å²) in [5.41, 5.74) is 3.09. The molecule has 0 saturated heterocycles. The van der Waals surface area contributed by atoms with Crippen molar-refractivity contribution in [3.63, 3.8) is 0 Å². The predicted molar refractivity (Wildman–Crippen MR) is 159 cm³/mol. The first-order valence-electron chi connectivity index (χ1n) is 13.6. The van der Waals surface area contributed by atoms with Gasteiger partial charge in [0.05, 0.1) is 12.1 Å². The number of hydrogen-bond acceptors (Lipinski definition) is 6. The van der Waals surface area contributed by atoms with Crippen LogP contribution in [-0.2, 0) is 39.0 Å². The van der Waals surface area contributed by atoms with Gasteiger partial charge in [0.1, 0.15) is 23.1 Å². The molecule has 220 valence electrons. The lowest BCUT2D eigenvalue weighted by Crippen LogP contribution is -2.24. The summed E-state index contributed by atoms with van der Waals surface area (Å²) in [6, 6.07) is 26.5. The first kappa shape index (κ1) is 29.9. The molecule has 6 nitrogen and oxygen atoms in total. The highest BCUT2D eigenvalue weighted by Crippen LogP contribution is 2.30.